The van der Waals surface area contributed by atoms with Gasteiger partial charge < -0.3 is 10.3 Å². The molecule has 2 aromatic heterocycles. The summed E-state index contributed by atoms with van der Waals surface area (Å²) in [4.78, 5) is 12.5. The monoisotopic (exact) mass is 267 g/mol. The van der Waals surface area contributed by atoms with Crippen LogP contribution in [0.25, 0.3) is 23.0 Å². The van der Waals surface area contributed by atoms with Crippen molar-refractivity contribution in [3.63, 3.8) is 0 Å². The van der Waals surface area contributed by atoms with Crippen LogP contribution in [0.3, 0.4) is 0 Å². The number of anilines is 1. The molecule has 0 bridgehead atoms. The molecule has 100 valence electrons. The van der Waals surface area contributed by atoms with E-state index in [9.17, 15) is 0 Å². The van der Waals surface area contributed by atoms with Crippen molar-refractivity contribution in [3.8, 4) is 23.0 Å². The second-order valence-electron chi connectivity index (χ2n) is 4.52. The molecule has 0 saturated carbocycles. The second-order valence-corrected chi connectivity index (χ2v) is 4.52. The fraction of sp³-hybridized carbons (Fsp3) is 0.143. The number of hydrogen-bond acceptors (Lipinski definition) is 6. The van der Waals surface area contributed by atoms with Crippen LogP contribution in [0.15, 0.2) is 35.2 Å². The number of rotatable bonds is 2. The van der Waals surface area contributed by atoms with Gasteiger partial charge in [-0.1, -0.05) is 5.16 Å². The Morgan fingerprint density at radius 3 is 2.75 bits per heavy atom. The van der Waals surface area contributed by atoms with E-state index >= 15 is 0 Å². The van der Waals surface area contributed by atoms with Crippen molar-refractivity contribution in [2.45, 2.75) is 13.8 Å². The number of nitrogens with zero attached hydrogens (tertiary/aromatic N) is 4. The first kappa shape index (κ1) is 12.3. The van der Waals surface area contributed by atoms with Crippen molar-refractivity contribution in [1.29, 1.82) is 0 Å². The van der Waals surface area contributed by atoms with E-state index < -0.39 is 0 Å². The summed E-state index contributed by atoms with van der Waals surface area (Å²) < 4.78 is 5.31. The predicted octanol–water partition coefficient (Wildman–Crippen LogP) is 2.39. The highest BCUT2D eigenvalue weighted by Gasteiger charge is 2.15. The lowest BCUT2D eigenvalue weighted by Gasteiger charge is -2.06. The Balaban J connectivity index is 2.07. The molecule has 0 aliphatic carbocycles. The van der Waals surface area contributed by atoms with Crippen LogP contribution in [-0.4, -0.2) is 20.1 Å². The molecule has 0 amide bonds. The molecule has 2 heterocycles. The van der Waals surface area contributed by atoms with Gasteiger partial charge in [0.15, 0.2) is 0 Å². The van der Waals surface area contributed by atoms with Gasteiger partial charge in [-0.05, 0) is 37.1 Å². The van der Waals surface area contributed by atoms with E-state index in [2.05, 4.69) is 20.1 Å². The maximum absolute atomic E-state index is 5.87. The topological polar surface area (TPSA) is 90.7 Å². The number of aryl methyl sites for hydroxylation is 1. The molecular formula is C14H13N5O. The van der Waals surface area contributed by atoms with Gasteiger partial charge in [0.05, 0.1) is 6.20 Å². The zero-order chi connectivity index (χ0) is 14.1. The molecule has 0 atom stereocenters. The third-order valence-corrected chi connectivity index (χ3v) is 3.14. The van der Waals surface area contributed by atoms with Crippen LogP contribution in [0.1, 0.15) is 11.1 Å². The number of benzene rings is 1. The highest BCUT2D eigenvalue weighted by atomic mass is 16.5. The van der Waals surface area contributed by atoms with E-state index in [1.54, 1.807) is 18.6 Å². The molecule has 0 fully saturated rings. The lowest BCUT2D eigenvalue weighted by Crippen LogP contribution is -1.93. The molecule has 20 heavy (non-hydrogen) atoms. The summed E-state index contributed by atoms with van der Waals surface area (Å²) >= 11 is 0. The van der Waals surface area contributed by atoms with Crippen molar-refractivity contribution in [1.82, 2.24) is 20.1 Å². The first-order valence-corrected chi connectivity index (χ1v) is 6.12. The van der Waals surface area contributed by atoms with E-state index in [1.807, 2.05) is 26.0 Å². The van der Waals surface area contributed by atoms with E-state index in [4.69, 9.17) is 10.3 Å². The highest BCUT2D eigenvalue weighted by Crippen LogP contribution is 2.28. The van der Waals surface area contributed by atoms with Gasteiger partial charge in [0.25, 0.3) is 5.89 Å². The smallest absolute Gasteiger partial charge is 0.258 e. The summed E-state index contributed by atoms with van der Waals surface area (Å²) in [6.07, 6.45) is 4.77. The molecule has 3 aromatic rings. The van der Waals surface area contributed by atoms with Gasteiger partial charge in [0, 0.05) is 23.6 Å². The molecule has 1 aromatic carbocycles. The Morgan fingerprint density at radius 1 is 1.15 bits per heavy atom. The van der Waals surface area contributed by atoms with E-state index in [0.717, 1.165) is 16.7 Å². The molecule has 0 spiro atoms. The van der Waals surface area contributed by atoms with Crippen LogP contribution in [0.5, 0.6) is 0 Å². The van der Waals surface area contributed by atoms with Crippen LogP contribution in [-0.2, 0) is 0 Å². The minimum absolute atomic E-state index is 0.410. The molecule has 2 N–H and O–H groups in total. The van der Waals surface area contributed by atoms with Crippen molar-refractivity contribution in [2.24, 2.45) is 0 Å². The average Bonchev–Trinajstić information content (AvgIpc) is 2.93. The first-order valence-electron chi connectivity index (χ1n) is 6.12. The molecule has 0 saturated heterocycles. The van der Waals surface area contributed by atoms with Crippen molar-refractivity contribution in [2.75, 3.05) is 5.73 Å². The first-order chi connectivity index (χ1) is 9.65. The van der Waals surface area contributed by atoms with Crippen molar-refractivity contribution >= 4 is 5.69 Å². The van der Waals surface area contributed by atoms with Gasteiger partial charge in [0.1, 0.15) is 5.69 Å². The number of nitrogens with two attached hydrogens (primary N) is 1. The summed E-state index contributed by atoms with van der Waals surface area (Å²) in [5.41, 5.74) is 10.1. The lowest BCUT2D eigenvalue weighted by molar-refractivity contribution is 0.432. The summed E-state index contributed by atoms with van der Waals surface area (Å²) in [5, 5.41) is 3.93. The van der Waals surface area contributed by atoms with Gasteiger partial charge >= 0.3 is 0 Å². The van der Waals surface area contributed by atoms with Gasteiger partial charge in [-0.15, -0.1) is 0 Å². The van der Waals surface area contributed by atoms with Crippen LogP contribution in [0.4, 0.5) is 5.69 Å². The van der Waals surface area contributed by atoms with Gasteiger partial charge in [-0.25, -0.2) is 4.98 Å². The van der Waals surface area contributed by atoms with E-state index in [0.29, 0.717) is 23.1 Å². The minimum atomic E-state index is 0.410. The molecular weight excluding hydrogens is 254 g/mol. The van der Waals surface area contributed by atoms with Crippen molar-refractivity contribution < 1.29 is 4.52 Å². The van der Waals surface area contributed by atoms with Crippen LogP contribution in [0.2, 0.25) is 0 Å². The number of hydrogen-bond donors (Lipinski definition) is 1. The summed E-state index contributed by atoms with van der Waals surface area (Å²) in [6.45, 7) is 3.99. The maximum atomic E-state index is 5.87. The van der Waals surface area contributed by atoms with Crippen molar-refractivity contribution in [3.05, 3.63) is 41.9 Å². The van der Waals surface area contributed by atoms with Crippen LogP contribution >= 0.6 is 0 Å². The average molecular weight is 267 g/mol. The molecule has 0 unspecified atom stereocenters. The molecule has 6 heteroatoms. The van der Waals surface area contributed by atoms with E-state index in [-0.39, 0.29) is 0 Å². The third-order valence-electron chi connectivity index (χ3n) is 3.14. The van der Waals surface area contributed by atoms with Crippen LogP contribution in [0, 0.1) is 13.8 Å². The molecule has 0 aliphatic rings. The Morgan fingerprint density at radius 2 is 2.00 bits per heavy atom. The largest absolute Gasteiger partial charge is 0.399 e. The number of nitrogen functional groups attached to an aromatic ring is 1. The Hall–Kier alpha value is -2.76. The standard InChI is InChI=1S/C14H13N5O/c1-8-5-10(15)6-11(9(8)2)14-18-13(19-20-14)12-7-16-3-4-17-12/h3-7H,15H2,1-2H3. The summed E-state index contributed by atoms with van der Waals surface area (Å²) in [6, 6.07) is 3.75. The predicted molar refractivity (Wildman–Crippen MR) is 74.6 cm³/mol. The normalized spacial score (nSPS) is 10.7. The third kappa shape index (κ3) is 2.11. The Kier molecular flexibility index (Phi) is 2.90. The zero-order valence-electron chi connectivity index (χ0n) is 11.2. The Bertz CT molecular complexity index is 752. The Labute approximate surface area is 115 Å². The van der Waals surface area contributed by atoms with Gasteiger partial charge in [-0.2, -0.15) is 4.98 Å². The lowest BCUT2D eigenvalue weighted by atomic mass is 10.0. The number of aromatic nitrogens is 4. The van der Waals surface area contributed by atoms with Gasteiger partial charge in [0.2, 0.25) is 5.82 Å². The molecule has 0 radical (unpaired) electrons. The molecule has 6 nitrogen and oxygen atoms in total. The second kappa shape index (κ2) is 4.73. The quantitative estimate of drug-likeness (QED) is 0.717. The SMILES string of the molecule is Cc1cc(N)cc(-c2nc(-c3cnccn3)no2)c1C. The van der Waals surface area contributed by atoms with E-state index in [1.165, 1.54) is 0 Å². The minimum Gasteiger partial charge on any atom is -0.399 e. The van der Waals surface area contributed by atoms with Crippen LogP contribution < -0.4 is 5.73 Å². The molecule has 0 aliphatic heterocycles. The summed E-state index contributed by atoms with van der Waals surface area (Å²) in [7, 11) is 0. The zero-order valence-corrected chi connectivity index (χ0v) is 11.2. The fourth-order valence-corrected chi connectivity index (χ4v) is 1.96. The summed E-state index contributed by atoms with van der Waals surface area (Å²) in [5.74, 6) is 0.839. The molecule has 3 rings (SSSR count). The highest BCUT2D eigenvalue weighted by molar-refractivity contribution is 5.67. The maximum Gasteiger partial charge on any atom is 0.258 e. The fourth-order valence-electron chi connectivity index (χ4n) is 1.96. The van der Waals surface area contributed by atoms with Gasteiger partial charge in [-0.3, -0.25) is 4.98 Å².